The topological polar surface area (TPSA) is 91.4 Å². The van der Waals surface area contributed by atoms with Gasteiger partial charge in [-0.3, -0.25) is 19.3 Å². The van der Waals surface area contributed by atoms with Crippen LogP contribution in [-0.4, -0.2) is 71.1 Å². The van der Waals surface area contributed by atoms with Crippen molar-refractivity contribution in [3.8, 4) is 0 Å². The second kappa shape index (κ2) is 7.39. The quantitative estimate of drug-likeness (QED) is 0.539. The molecule has 0 spiro atoms. The van der Waals surface area contributed by atoms with Gasteiger partial charge in [0.25, 0.3) is 11.8 Å². The summed E-state index contributed by atoms with van der Waals surface area (Å²) in [7, 11) is 0. The summed E-state index contributed by atoms with van der Waals surface area (Å²) in [5, 5.41) is 0. The molecule has 1 aromatic rings. The lowest BCUT2D eigenvalue weighted by Crippen LogP contribution is -2.68. The van der Waals surface area contributed by atoms with Crippen LogP contribution in [0.15, 0.2) is 24.3 Å². The molecule has 3 heterocycles. The van der Waals surface area contributed by atoms with Gasteiger partial charge in [0.2, 0.25) is 0 Å². The van der Waals surface area contributed by atoms with E-state index >= 15 is 0 Å². The first kappa shape index (κ1) is 20.3. The molecule has 156 valence electrons. The van der Waals surface area contributed by atoms with Crippen LogP contribution in [0.25, 0.3) is 0 Å². The molecule has 0 aromatic heterocycles. The van der Waals surface area contributed by atoms with Gasteiger partial charge in [0.05, 0.1) is 17.7 Å². The van der Waals surface area contributed by atoms with Crippen LogP contribution in [-0.2, 0) is 23.7 Å². The third kappa shape index (κ3) is 3.46. The highest BCUT2D eigenvalue weighted by Crippen LogP contribution is 2.40. The third-order valence-electron chi connectivity index (χ3n) is 5.29. The number of hydrogen-bond acceptors (Lipinski definition) is 8. The predicted octanol–water partition coefficient (Wildman–Crippen LogP) is 1.82. The normalized spacial score (nSPS) is 33.2. The molecular formula is C20H23NO7S. The Bertz CT molecular complexity index is 822. The Morgan fingerprint density at radius 2 is 1.83 bits per heavy atom. The van der Waals surface area contributed by atoms with Gasteiger partial charge < -0.3 is 18.9 Å². The number of amides is 2. The zero-order valence-electron chi connectivity index (χ0n) is 16.6. The second-order valence-electron chi connectivity index (χ2n) is 7.66. The molecule has 0 radical (unpaired) electrons. The summed E-state index contributed by atoms with van der Waals surface area (Å²) >= 11 is 1.34. The minimum absolute atomic E-state index is 0.251. The van der Waals surface area contributed by atoms with E-state index in [0.29, 0.717) is 11.1 Å². The van der Waals surface area contributed by atoms with E-state index in [4.69, 9.17) is 18.9 Å². The molecule has 2 saturated heterocycles. The summed E-state index contributed by atoms with van der Waals surface area (Å²) < 4.78 is 23.5. The van der Waals surface area contributed by atoms with Gasteiger partial charge in [0.1, 0.15) is 23.7 Å². The molecule has 8 nitrogen and oxygen atoms in total. The Kier molecular flexibility index (Phi) is 5.18. The fourth-order valence-electron chi connectivity index (χ4n) is 4.08. The van der Waals surface area contributed by atoms with Gasteiger partial charge in [-0.25, -0.2) is 0 Å². The molecule has 2 fully saturated rings. The summed E-state index contributed by atoms with van der Waals surface area (Å²) in [4.78, 5) is 39.3. The lowest BCUT2D eigenvalue weighted by atomic mass is 9.95. The van der Waals surface area contributed by atoms with Gasteiger partial charge in [-0.2, -0.15) is 0 Å². The van der Waals surface area contributed by atoms with E-state index < -0.39 is 53.4 Å². The van der Waals surface area contributed by atoms with Crippen molar-refractivity contribution in [3.63, 3.8) is 0 Å². The molecule has 29 heavy (non-hydrogen) atoms. The molecule has 3 aliphatic heterocycles. The van der Waals surface area contributed by atoms with E-state index in [2.05, 4.69) is 0 Å². The van der Waals surface area contributed by atoms with E-state index in [-0.39, 0.29) is 6.61 Å². The molecule has 0 aliphatic carbocycles. The number of carbonyl (C=O) groups is 3. The number of nitrogens with zero attached hydrogens (tertiary/aromatic N) is 1. The number of fused-ring (bicyclic) bond motifs is 2. The van der Waals surface area contributed by atoms with Crippen molar-refractivity contribution < 1.29 is 33.3 Å². The molecule has 0 bridgehead atoms. The molecule has 1 aromatic carbocycles. The number of ether oxygens (including phenoxy) is 4. The van der Waals surface area contributed by atoms with Crippen molar-refractivity contribution >= 4 is 29.5 Å². The maximum atomic E-state index is 13.1. The van der Waals surface area contributed by atoms with Gasteiger partial charge in [-0.15, -0.1) is 11.8 Å². The van der Waals surface area contributed by atoms with E-state index in [1.54, 1.807) is 38.1 Å². The van der Waals surface area contributed by atoms with E-state index in [1.807, 2.05) is 6.26 Å². The van der Waals surface area contributed by atoms with Gasteiger partial charge in [-0.05, 0) is 32.2 Å². The Labute approximate surface area is 172 Å². The summed E-state index contributed by atoms with van der Waals surface area (Å²) in [6.45, 7) is 5.06. The minimum atomic E-state index is -0.915. The van der Waals surface area contributed by atoms with E-state index in [0.717, 1.165) is 4.90 Å². The van der Waals surface area contributed by atoms with Crippen LogP contribution in [0.5, 0.6) is 0 Å². The largest absolute Gasteiger partial charge is 0.457 e. The second-order valence-corrected chi connectivity index (χ2v) is 8.60. The number of carbonyl (C=O) groups excluding carboxylic acids is 3. The lowest BCUT2D eigenvalue weighted by Gasteiger charge is -2.51. The van der Waals surface area contributed by atoms with Crippen LogP contribution >= 0.6 is 11.8 Å². The predicted molar refractivity (Wildman–Crippen MR) is 103 cm³/mol. The molecule has 3 aliphatic rings. The Balaban J connectivity index is 1.76. The third-order valence-corrected chi connectivity index (χ3v) is 6.14. The first-order chi connectivity index (χ1) is 13.7. The number of imide groups is 1. The van der Waals surface area contributed by atoms with Crippen molar-refractivity contribution in [1.29, 1.82) is 0 Å². The van der Waals surface area contributed by atoms with Crippen molar-refractivity contribution in [2.45, 2.75) is 56.3 Å². The van der Waals surface area contributed by atoms with E-state index in [9.17, 15) is 14.4 Å². The fourth-order valence-corrected chi connectivity index (χ4v) is 4.89. The van der Waals surface area contributed by atoms with Crippen LogP contribution in [0.2, 0.25) is 0 Å². The maximum absolute atomic E-state index is 13.1. The van der Waals surface area contributed by atoms with Crippen LogP contribution in [0.3, 0.4) is 0 Å². The van der Waals surface area contributed by atoms with Crippen LogP contribution in [0.4, 0.5) is 0 Å². The summed E-state index contributed by atoms with van der Waals surface area (Å²) in [6, 6.07) is 5.81. The highest BCUT2D eigenvalue weighted by atomic mass is 32.2. The van der Waals surface area contributed by atoms with E-state index in [1.165, 1.54) is 18.7 Å². The summed E-state index contributed by atoms with van der Waals surface area (Å²) in [6.07, 6.45) is -0.235. The van der Waals surface area contributed by atoms with Gasteiger partial charge in [-0.1, -0.05) is 12.1 Å². The number of esters is 1. The Hall–Kier alpha value is -1.94. The van der Waals surface area contributed by atoms with Crippen LogP contribution in [0.1, 0.15) is 41.5 Å². The number of hydrogen-bond donors (Lipinski definition) is 0. The monoisotopic (exact) mass is 421 g/mol. The molecule has 9 heteroatoms. The smallest absolute Gasteiger partial charge is 0.303 e. The molecule has 4 rings (SSSR count). The highest BCUT2D eigenvalue weighted by molar-refractivity contribution is 7.99. The van der Waals surface area contributed by atoms with Gasteiger partial charge >= 0.3 is 5.97 Å². The standard InChI is InChI=1S/C20H23NO7S/c1-10(22)26-16-14(21-17(23)11-7-5-6-8-12(11)18(21)24)19(29-4)27-13-9-25-20(2,3)28-15(13)16/h5-8,13-16,19H,9H2,1-4H3/t13-,14-,15-,16-,19+/m1/s1. The summed E-state index contributed by atoms with van der Waals surface area (Å²) in [5.41, 5.74) is 0.0554. The first-order valence-electron chi connectivity index (χ1n) is 9.37. The molecule has 0 N–H and O–H groups in total. The van der Waals surface area contributed by atoms with Crippen LogP contribution in [0, 0.1) is 0 Å². The van der Waals surface area contributed by atoms with Gasteiger partial charge in [0, 0.05) is 6.92 Å². The SMILES string of the molecule is CS[C@@H]1O[C@@H]2COC(C)(C)O[C@H]2[C@H](OC(C)=O)[C@H]1N1C(=O)c2ccccc2C1=O. The average Bonchev–Trinajstić information content (AvgIpc) is 2.92. The zero-order chi connectivity index (χ0) is 20.9. The van der Waals surface area contributed by atoms with Crippen molar-refractivity contribution in [2.75, 3.05) is 12.9 Å². The Morgan fingerprint density at radius 1 is 1.21 bits per heavy atom. The first-order valence-corrected chi connectivity index (χ1v) is 10.7. The molecule has 0 unspecified atom stereocenters. The molecule has 0 saturated carbocycles. The number of benzene rings is 1. The Morgan fingerprint density at radius 3 is 2.38 bits per heavy atom. The van der Waals surface area contributed by atoms with Crippen molar-refractivity contribution in [1.82, 2.24) is 4.90 Å². The number of thioether (sulfide) groups is 1. The molecule has 5 atom stereocenters. The average molecular weight is 421 g/mol. The number of rotatable bonds is 3. The van der Waals surface area contributed by atoms with Crippen molar-refractivity contribution in [3.05, 3.63) is 35.4 Å². The summed E-state index contributed by atoms with van der Waals surface area (Å²) in [5.74, 6) is -2.30. The van der Waals surface area contributed by atoms with Crippen molar-refractivity contribution in [2.24, 2.45) is 0 Å². The van der Waals surface area contributed by atoms with Crippen LogP contribution < -0.4 is 0 Å². The lowest BCUT2D eigenvalue weighted by molar-refractivity contribution is -0.344. The van der Waals surface area contributed by atoms with Gasteiger partial charge in [0.15, 0.2) is 11.9 Å². The molecule has 2 amide bonds. The molecular weight excluding hydrogens is 398 g/mol. The zero-order valence-corrected chi connectivity index (χ0v) is 17.4. The fraction of sp³-hybridized carbons (Fsp3) is 0.550. The highest BCUT2D eigenvalue weighted by Gasteiger charge is 2.57. The maximum Gasteiger partial charge on any atom is 0.303 e. The minimum Gasteiger partial charge on any atom is -0.457 e.